The molecule has 27 heavy (non-hydrogen) atoms. The standard InChI is InChI=1S/C10H19NO4.C8H12N4/c1-9(2,3)11(7(12)13)8(14)15-10(4,5)6;1-7(2,5-9)11-12-8(3,4)6-10/h1-6H3,(H,12,13);1-4H3. The summed E-state index contributed by atoms with van der Waals surface area (Å²) < 4.78 is 4.99. The zero-order chi connectivity index (χ0) is 22.3. The predicted molar refractivity (Wildman–Crippen MR) is 100 cm³/mol. The van der Waals surface area contributed by atoms with Gasteiger partial charge < -0.3 is 9.84 Å². The minimum Gasteiger partial charge on any atom is -0.465 e. The molecular formula is C18H31N5O4. The van der Waals surface area contributed by atoms with Crippen LogP contribution in [-0.4, -0.2) is 44.4 Å². The van der Waals surface area contributed by atoms with Crippen LogP contribution in [0.4, 0.5) is 9.59 Å². The molecule has 0 spiro atoms. The topological polar surface area (TPSA) is 139 Å². The smallest absolute Gasteiger partial charge is 0.420 e. The van der Waals surface area contributed by atoms with Crippen LogP contribution in [0.1, 0.15) is 69.2 Å². The number of rotatable bonds is 2. The Kier molecular flexibility index (Phi) is 9.16. The molecule has 0 bridgehead atoms. The van der Waals surface area contributed by atoms with Crippen LogP contribution in [0, 0.1) is 22.7 Å². The Balaban J connectivity index is 0. The van der Waals surface area contributed by atoms with Crippen LogP contribution in [0.15, 0.2) is 10.2 Å². The van der Waals surface area contributed by atoms with E-state index in [1.807, 2.05) is 12.1 Å². The fraction of sp³-hybridized carbons (Fsp3) is 0.778. The van der Waals surface area contributed by atoms with Crippen molar-refractivity contribution >= 4 is 12.2 Å². The molecule has 0 aromatic carbocycles. The highest BCUT2D eigenvalue weighted by Crippen LogP contribution is 2.18. The van der Waals surface area contributed by atoms with Crippen molar-refractivity contribution in [1.82, 2.24) is 4.90 Å². The van der Waals surface area contributed by atoms with Crippen LogP contribution < -0.4 is 0 Å². The number of nitrogens with zero attached hydrogens (tertiary/aromatic N) is 5. The average molecular weight is 381 g/mol. The van der Waals surface area contributed by atoms with E-state index in [4.69, 9.17) is 20.4 Å². The number of carbonyl (C=O) groups excluding carboxylic acids is 1. The summed E-state index contributed by atoms with van der Waals surface area (Å²) in [6.07, 6.45) is -2.15. The number of carboxylic acid groups (broad SMARTS) is 1. The normalized spacial score (nSPS) is 12.3. The van der Waals surface area contributed by atoms with Crippen molar-refractivity contribution < 1.29 is 19.4 Å². The lowest BCUT2D eigenvalue weighted by atomic mass is 10.1. The van der Waals surface area contributed by atoms with Gasteiger partial charge in [-0.3, -0.25) is 0 Å². The zero-order valence-corrected chi connectivity index (χ0v) is 17.9. The molecule has 2 amide bonds. The summed E-state index contributed by atoms with van der Waals surface area (Å²) in [4.78, 5) is 23.1. The summed E-state index contributed by atoms with van der Waals surface area (Å²) in [6.45, 7) is 16.5. The van der Waals surface area contributed by atoms with E-state index in [0.29, 0.717) is 4.90 Å². The van der Waals surface area contributed by atoms with Gasteiger partial charge in [0.15, 0.2) is 11.1 Å². The largest absolute Gasteiger partial charge is 0.465 e. The van der Waals surface area contributed by atoms with E-state index in [0.717, 1.165) is 0 Å². The van der Waals surface area contributed by atoms with Crippen LogP contribution >= 0.6 is 0 Å². The number of ether oxygens (including phenoxy) is 1. The van der Waals surface area contributed by atoms with Crippen LogP contribution in [0.5, 0.6) is 0 Å². The molecule has 1 N–H and O–H groups in total. The number of imide groups is 1. The molecule has 0 atom stereocenters. The summed E-state index contributed by atoms with van der Waals surface area (Å²) in [7, 11) is 0. The van der Waals surface area contributed by atoms with Crippen molar-refractivity contribution in [2.45, 2.75) is 91.5 Å². The lowest BCUT2D eigenvalue weighted by Gasteiger charge is -2.32. The van der Waals surface area contributed by atoms with Gasteiger partial charge in [-0.25, -0.2) is 14.5 Å². The predicted octanol–water partition coefficient (Wildman–Crippen LogP) is 4.74. The molecule has 0 heterocycles. The second-order valence-corrected chi connectivity index (χ2v) is 8.81. The highest BCUT2D eigenvalue weighted by Gasteiger charge is 2.35. The van der Waals surface area contributed by atoms with E-state index in [-0.39, 0.29) is 0 Å². The SMILES string of the molecule is CC(C)(C#N)N=NC(C)(C)C#N.CC(C)(C)OC(=O)N(C(=O)O)C(C)(C)C. The number of azo groups is 1. The van der Waals surface area contributed by atoms with Gasteiger partial charge in [-0.2, -0.15) is 20.8 Å². The van der Waals surface area contributed by atoms with Gasteiger partial charge in [-0.1, -0.05) is 0 Å². The molecule has 0 aromatic rings. The van der Waals surface area contributed by atoms with E-state index in [9.17, 15) is 9.59 Å². The van der Waals surface area contributed by atoms with Crippen LogP contribution in [0.3, 0.4) is 0 Å². The molecule has 0 aliphatic carbocycles. The molecule has 0 aliphatic rings. The maximum absolute atomic E-state index is 11.6. The molecule has 0 saturated carbocycles. The Morgan fingerprint density at radius 3 is 1.37 bits per heavy atom. The van der Waals surface area contributed by atoms with Crippen molar-refractivity contribution in [3.8, 4) is 12.1 Å². The van der Waals surface area contributed by atoms with E-state index < -0.39 is 34.4 Å². The van der Waals surface area contributed by atoms with Gasteiger partial charge in [0.05, 0.1) is 12.1 Å². The minimum atomic E-state index is -1.31. The molecule has 9 nitrogen and oxygen atoms in total. The second-order valence-electron chi connectivity index (χ2n) is 8.81. The van der Waals surface area contributed by atoms with Crippen molar-refractivity contribution in [3.05, 3.63) is 0 Å². The van der Waals surface area contributed by atoms with Crippen molar-refractivity contribution in [1.29, 1.82) is 10.5 Å². The van der Waals surface area contributed by atoms with E-state index in [2.05, 4.69) is 10.2 Å². The number of hydrogen-bond donors (Lipinski definition) is 1. The fourth-order valence-corrected chi connectivity index (χ4v) is 1.24. The quantitative estimate of drug-likeness (QED) is 0.685. The lowest BCUT2D eigenvalue weighted by Crippen LogP contribution is -2.50. The van der Waals surface area contributed by atoms with Gasteiger partial charge in [-0.15, -0.1) is 0 Å². The van der Waals surface area contributed by atoms with E-state index >= 15 is 0 Å². The van der Waals surface area contributed by atoms with Gasteiger partial charge in [0.25, 0.3) is 0 Å². The Morgan fingerprint density at radius 1 is 0.852 bits per heavy atom. The maximum atomic E-state index is 11.6. The Hall–Kier alpha value is -2.68. The zero-order valence-electron chi connectivity index (χ0n) is 17.9. The molecule has 0 fully saturated rings. The fourth-order valence-electron chi connectivity index (χ4n) is 1.24. The minimum absolute atomic E-state index is 0.679. The number of amides is 2. The maximum Gasteiger partial charge on any atom is 0.420 e. The first-order valence-corrected chi connectivity index (χ1v) is 8.31. The van der Waals surface area contributed by atoms with Gasteiger partial charge in [0, 0.05) is 5.54 Å². The third-order valence-electron chi connectivity index (χ3n) is 2.54. The number of nitriles is 2. The first-order chi connectivity index (χ1) is 11.8. The van der Waals surface area contributed by atoms with E-state index in [1.165, 1.54) is 0 Å². The third kappa shape index (κ3) is 12.3. The van der Waals surface area contributed by atoms with Gasteiger partial charge in [0.2, 0.25) is 0 Å². The van der Waals surface area contributed by atoms with Gasteiger partial charge >= 0.3 is 12.2 Å². The first-order valence-electron chi connectivity index (χ1n) is 8.31. The van der Waals surface area contributed by atoms with E-state index in [1.54, 1.807) is 69.2 Å². The van der Waals surface area contributed by atoms with Crippen LogP contribution in [-0.2, 0) is 4.74 Å². The summed E-state index contributed by atoms with van der Waals surface area (Å²) in [6, 6.07) is 3.94. The highest BCUT2D eigenvalue weighted by molar-refractivity contribution is 5.87. The molecule has 0 radical (unpaired) electrons. The Morgan fingerprint density at radius 2 is 1.19 bits per heavy atom. The molecule has 0 saturated heterocycles. The van der Waals surface area contributed by atoms with Crippen molar-refractivity contribution in [3.63, 3.8) is 0 Å². The molecule has 0 unspecified atom stereocenters. The summed E-state index contributed by atoms with van der Waals surface area (Å²) >= 11 is 0. The van der Waals surface area contributed by atoms with Gasteiger partial charge in [-0.05, 0) is 69.2 Å². The lowest BCUT2D eigenvalue weighted by molar-refractivity contribution is 0.0107. The summed E-state index contributed by atoms with van der Waals surface area (Å²) in [5.74, 6) is 0. The number of hydrogen-bond acceptors (Lipinski definition) is 7. The van der Waals surface area contributed by atoms with Crippen LogP contribution in [0.25, 0.3) is 0 Å². The summed E-state index contributed by atoms with van der Waals surface area (Å²) in [5, 5.41) is 33.6. The van der Waals surface area contributed by atoms with Gasteiger partial charge in [0.1, 0.15) is 5.60 Å². The Labute approximate surface area is 161 Å². The highest BCUT2D eigenvalue weighted by atomic mass is 16.6. The molecule has 0 rings (SSSR count). The molecule has 9 heteroatoms. The second kappa shape index (κ2) is 9.31. The molecular weight excluding hydrogens is 350 g/mol. The molecule has 0 aromatic heterocycles. The monoisotopic (exact) mass is 381 g/mol. The molecule has 152 valence electrons. The van der Waals surface area contributed by atoms with Crippen molar-refractivity contribution in [2.24, 2.45) is 10.2 Å². The molecule has 0 aliphatic heterocycles. The van der Waals surface area contributed by atoms with Crippen molar-refractivity contribution in [2.75, 3.05) is 0 Å². The van der Waals surface area contributed by atoms with Crippen LogP contribution in [0.2, 0.25) is 0 Å². The average Bonchev–Trinajstić information content (AvgIpc) is 2.42. The third-order valence-corrected chi connectivity index (χ3v) is 2.54. The first kappa shape index (κ1) is 26.5. The number of carbonyl (C=O) groups is 2. The Bertz CT molecular complexity index is 613. The summed E-state index contributed by atoms with van der Waals surface area (Å²) in [5.41, 5.74) is -3.19.